The number of aromatic nitrogens is 3. The summed E-state index contributed by atoms with van der Waals surface area (Å²) in [5.74, 6) is 7.30. The van der Waals surface area contributed by atoms with Crippen molar-refractivity contribution in [3.8, 4) is 0 Å². The van der Waals surface area contributed by atoms with Crippen molar-refractivity contribution >= 4 is 23.4 Å². The number of hydrogen-bond acceptors (Lipinski definition) is 5. The number of hydrogen-bond donors (Lipinski definition) is 2. The van der Waals surface area contributed by atoms with Gasteiger partial charge in [-0.05, 0) is 23.6 Å². The van der Waals surface area contributed by atoms with Gasteiger partial charge in [-0.25, -0.2) is 4.68 Å². The van der Waals surface area contributed by atoms with Crippen LogP contribution in [0.4, 0.5) is 5.69 Å². The minimum Gasteiger partial charge on any atom is -0.336 e. The van der Waals surface area contributed by atoms with Crippen LogP contribution in [0.2, 0.25) is 0 Å². The van der Waals surface area contributed by atoms with E-state index < -0.39 is 0 Å². The lowest BCUT2D eigenvalue weighted by atomic mass is 9.96. The van der Waals surface area contributed by atoms with E-state index in [1.165, 1.54) is 22.0 Å². The molecule has 0 spiro atoms. The number of nitrogens with two attached hydrogens (primary N) is 1. The fourth-order valence-electron chi connectivity index (χ4n) is 2.17. The van der Waals surface area contributed by atoms with Crippen LogP contribution in [0.1, 0.15) is 51.9 Å². The zero-order valence-electron chi connectivity index (χ0n) is 14.8. The molecule has 2 rings (SSSR count). The molecule has 0 saturated heterocycles. The summed E-state index contributed by atoms with van der Waals surface area (Å²) < 4.78 is 1.45. The van der Waals surface area contributed by atoms with Crippen molar-refractivity contribution in [2.45, 2.75) is 51.1 Å². The third kappa shape index (κ3) is 4.50. The van der Waals surface area contributed by atoms with Gasteiger partial charge in [0.25, 0.3) is 0 Å². The van der Waals surface area contributed by atoms with Gasteiger partial charge in [0.1, 0.15) is 0 Å². The van der Waals surface area contributed by atoms with Crippen LogP contribution in [-0.2, 0) is 10.2 Å². The lowest BCUT2D eigenvalue weighted by molar-refractivity contribution is -0.113. The Morgan fingerprint density at radius 2 is 1.88 bits per heavy atom. The van der Waals surface area contributed by atoms with Crippen molar-refractivity contribution in [3.05, 3.63) is 35.7 Å². The van der Waals surface area contributed by atoms with Gasteiger partial charge in [0.15, 0.2) is 5.82 Å². The van der Waals surface area contributed by atoms with Crippen molar-refractivity contribution in [2.75, 3.05) is 16.9 Å². The molecule has 1 aromatic heterocycles. The van der Waals surface area contributed by atoms with E-state index in [-0.39, 0.29) is 17.1 Å². The number of carbonyl (C=O) groups is 1. The first-order valence-corrected chi connectivity index (χ1v) is 8.90. The molecule has 1 heterocycles. The first kappa shape index (κ1) is 18.3. The summed E-state index contributed by atoms with van der Waals surface area (Å²) in [6.07, 6.45) is 0. The topological polar surface area (TPSA) is 85.8 Å². The van der Waals surface area contributed by atoms with Crippen molar-refractivity contribution in [1.29, 1.82) is 0 Å². The highest BCUT2D eigenvalue weighted by molar-refractivity contribution is 7.99. The molecule has 0 aliphatic rings. The second-order valence-electron chi connectivity index (χ2n) is 7.04. The second kappa shape index (κ2) is 7.25. The molecule has 0 atom stereocenters. The van der Waals surface area contributed by atoms with Gasteiger partial charge in [-0.2, -0.15) is 0 Å². The maximum Gasteiger partial charge on any atom is 0.234 e. The fourth-order valence-corrected chi connectivity index (χ4v) is 2.82. The maximum absolute atomic E-state index is 12.1. The Kier molecular flexibility index (Phi) is 5.54. The SMILES string of the molecule is CC(C)c1ccc(NC(=O)CSc2nnc(C(C)(C)C)n2N)cc1. The predicted octanol–water partition coefficient (Wildman–Crippen LogP) is 3.14. The lowest BCUT2D eigenvalue weighted by Gasteiger charge is -2.16. The number of nitrogen functional groups attached to an aromatic ring is 1. The number of anilines is 1. The summed E-state index contributed by atoms with van der Waals surface area (Å²) in [7, 11) is 0. The first-order valence-electron chi connectivity index (χ1n) is 7.92. The summed E-state index contributed by atoms with van der Waals surface area (Å²) in [4.78, 5) is 12.1. The number of rotatable bonds is 5. The average Bonchev–Trinajstić information content (AvgIpc) is 2.86. The highest BCUT2D eigenvalue weighted by Crippen LogP contribution is 2.23. The Morgan fingerprint density at radius 3 is 2.38 bits per heavy atom. The van der Waals surface area contributed by atoms with E-state index in [4.69, 9.17) is 5.84 Å². The van der Waals surface area contributed by atoms with Gasteiger partial charge in [-0.1, -0.05) is 58.5 Å². The van der Waals surface area contributed by atoms with Gasteiger partial charge in [-0.3, -0.25) is 4.79 Å². The van der Waals surface area contributed by atoms with Crippen LogP contribution in [0.5, 0.6) is 0 Å². The normalized spacial score (nSPS) is 11.8. The molecule has 6 nitrogen and oxygen atoms in total. The smallest absolute Gasteiger partial charge is 0.234 e. The minimum atomic E-state index is -0.193. The van der Waals surface area contributed by atoms with Gasteiger partial charge in [0.05, 0.1) is 5.75 Å². The van der Waals surface area contributed by atoms with E-state index in [0.717, 1.165) is 5.69 Å². The summed E-state index contributed by atoms with van der Waals surface area (Å²) in [5, 5.41) is 11.6. The summed E-state index contributed by atoms with van der Waals surface area (Å²) in [6, 6.07) is 7.89. The highest BCUT2D eigenvalue weighted by Gasteiger charge is 2.23. The number of benzene rings is 1. The monoisotopic (exact) mass is 347 g/mol. The Hall–Kier alpha value is -2.02. The quantitative estimate of drug-likeness (QED) is 0.641. The van der Waals surface area contributed by atoms with Gasteiger partial charge in [0.2, 0.25) is 11.1 Å². The third-order valence-corrected chi connectivity index (χ3v) is 4.47. The van der Waals surface area contributed by atoms with E-state index >= 15 is 0 Å². The van der Waals surface area contributed by atoms with Crippen molar-refractivity contribution in [3.63, 3.8) is 0 Å². The molecular formula is C17H25N5OS. The Balaban J connectivity index is 1.93. The van der Waals surface area contributed by atoms with Crippen LogP contribution in [0.25, 0.3) is 0 Å². The molecule has 3 N–H and O–H groups in total. The molecule has 0 aliphatic carbocycles. The molecule has 1 aromatic carbocycles. The van der Waals surface area contributed by atoms with Crippen LogP contribution < -0.4 is 11.2 Å². The molecule has 0 radical (unpaired) electrons. The zero-order valence-corrected chi connectivity index (χ0v) is 15.6. The fraction of sp³-hybridized carbons (Fsp3) is 0.471. The van der Waals surface area contributed by atoms with E-state index in [9.17, 15) is 4.79 Å². The molecule has 130 valence electrons. The average molecular weight is 347 g/mol. The number of nitrogens with one attached hydrogen (secondary N) is 1. The van der Waals surface area contributed by atoms with Crippen LogP contribution in [-0.4, -0.2) is 26.5 Å². The number of carbonyl (C=O) groups excluding carboxylic acids is 1. The Bertz CT molecular complexity index is 701. The van der Waals surface area contributed by atoms with Gasteiger partial charge in [0, 0.05) is 11.1 Å². The van der Waals surface area contributed by atoms with Crippen molar-refractivity contribution in [1.82, 2.24) is 14.9 Å². The third-order valence-electron chi connectivity index (χ3n) is 3.53. The summed E-state index contributed by atoms with van der Waals surface area (Å²) in [6.45, 7) is 10.3. The van der Waals surface area contributed by atoms with Crippen molar-refractivity contribution in [2.24, 2.45) is 0 Å². The maximum atomic E-state index is 12.1. The Morgan fingerprint density at radius 1 is 1.25 bits per heavy atom. The molecule has 0 saturated carbocycles. The van der Waals surface area contributed by atoms with E-state index in [1.807, 2.05) is 45.0 Å². The second-order valence-corrected chi connectivity index (χ2v) is 7.98. The standard InChI is InChI=1S/C17H25N5OS/c1-11(2)12-6-8-13(9-7-12)19-14(23)10-24-16-21-20-15(22(16)18)17(3,4)5/h6-9,11H,10,18H2,1-5H3,(H,19,23). The zero-order chi connectivity index (χ0) is 17.9. The molecule has 0 bridgehead atoms. The molecule has 24 heavy (non-hydrogen) atoms. The Labute approximate surface area is 147 Å². The highest BCUT2D eigenvalue weighted by atomic mass is 32.2. The van der Waals surface area contributed by atoms with Crippen molar-refractivity contribution < 1.29 is 4.79 Å². The lowest BCUT2D eigenvalue weighted by Crippen LogP contribution is -2.24. The molecule has 0 unspecified atom stereocenters. The van der Waals surface area contributed by atoms with E-state index in [1.54, 1.807) is 0 Å². The first-order chi connectivity index (χ1) is 11.2. The van der Waals surface area contributed by atoms with Crippen LogP contribution >= 0.6 is 11.8 Å². The summed E-state index contributed by atoms with van der Waals surface area (Å²) >= 11 is 1.27. The number of nitrogens with zero attached hydrogens (tertiary/aromatic N) is 3. The van der Waals surface area contributed by atoms with Gasteiger partial charge >= 0.3 is 0 Å². The van der Waals surface area contributed by atoms with Gasteiger partial charge < -0.3 is 11.2 Å². The largest absolute Gasteiger partial charge is 0.336 e. The molecular weight excluding hydrogens is 322 g/mol. The summed E-state index contributed by atoms with van der Waals surface area (Å²) in [5.41, 5.74) is 1.84. The molecule has 1 amide bonds. The predicted molar refractivity (Wildman–Crippen MR) is 98.8 cm³/mol. The van der Waals surface area contributed by atoms with Crippen LogP contribution in [0.3, 0.4) is 0 Å². The van der Waals surface area contributed by atoms with Gasteiger partial charge in [-0.15, -0.1) is 10.2 Å². The molecule has 0 fully saturated rings. The molecule has 2 aromatic rings. The number of amides is 1. The van der Waals surface area contributed by atoms with E-state index in [0.29, 0.717) is 16.9 Å². The van der Waals surface area contributed by atoms with E-state index in [2.05, 4.69) is 29.4 Å². The van der Waals surface area contributed by atoms with Crippen LogP contribution in [0, 0.1) is 0 Å². The minimum absolute atomic E-state index is 0.0994. The number of thioether (sulfide) groups is 1. The molecule has 7 heteroatoms. The molecule has 0 aliphatic heterocycles. The van der Waals surface area contributed by atoms with Crippen LogP contribution in [0.15, 0.2) is 29.4 Å².